The van der Waals surface area contributed by atoms with Crippen LogP contribution >= 0.6 is 0 Å². The molecule has 2 N–H and O–H groups in total. The van der Waals surface area contributed by atoms with E-state index in [1.165, 1.54) is 22.3 Å². The van der Waals surface area contributed by atoms with E-state index in [1.54, 1.807) is 0 Å². The van der Waals surface area contributed by atoms with Gasteiger partial charge in [0, 0.05) is 23.9 Å². The molecule has 5 nitrogen and oxygen atoms in total. The van der Waals surface area contributed by atoms with Gasteiger partial charge in [0.05, 0.1) is 50.8 Å². The van der Waals surface area contributed by atoms with Crippen molar-refractivity contribution in [3.8, 4) is 0 Å². The SMILES string of the molecule is Nc1c(C(CC2CO2)(CC2CO2)c2ccccc2)ccc(CC2CO2)c1CC1CO1. The lowest BCUT2D eigenvalue weighted by molar-refractivity contribution is 0.300. The topological polar surface area (TPSA) is 76.1 Å². The Bertz CT molecular complexity index is 900. The predicted octanol–water partition coefficient (Wildman–Crippen LogP) is 3.02. The molecule has 30 heavy (non-hydrogen) atoms. The highest BCUT2D eigenvalue weighted by Gasteiger charge is 2.46. The van der Waals surface area contributed by atoms with Crippen LogP contribution in [0.5, 0.6) is 0 Å². The summed E-state index contributed by atoms with van der Waals surface area (Å²) in [6.07, 6.45) is 4.90. The van der Waals surface area contributed by atoms with E-state index in [2.05, 4.69) is 42.5 Å². The summed E-state index contributed by atoms with van der Waals surface area (Å²) in [6.45, 7) is 3.35. The Morgan fingerprint density at radius 1 is 0.733 bits per heavy atom. The molecule has 4 heterocycles. The van der Waals surface area contributed by atoms with Crippen molar-refractivity contribution in [2.45, 2.75) is 55.5 Å². The van der Waals surface area contributed by atoms with Gasteiger partial charge in [0.1, 0.15) is 0 Å². The Morgan fingerprint density at radius 3 is 1.87 bits per heavy atom. The van der Waals surface area contributed by atoms with Crippen molar-refractivity contribution < 1.29 is 18.9 Å². The first-order valence-electron chi connectivity index (χ1n) is 11.1. The molecule has 4 unspecified atom stereocenters. The third-order valence-corrected chi connectivity index (χ3v) is 6.94. The molecule has 0 aromatic heterocycles. The largest absolute Gasteiger partial charge is 0.398 e. The zero-order valence-corrected chi connectivity index (χ0v) is 17.2. The number of benzene rings is 2. The number of nitrogens with two attached hydrogens (primary N) is 1. The van der Waals surface area contributed by atoms with Crippen LogP contribution in [0.3, 0.4) is 0 Å². The highest BCUT2D eigenvalue weighted by Crippen LogP contribution is 2.48. The molecule has 4 saturated heterocycles. The summed E-state index contributed by atoms with van der Waals surface area (Å²) in [5, 5.41) is 0. The van der Waals surface area contributed by atoms with Crippen LogP contribution in [-0.4, -0.2) is 50.8 Å². The fraction of sp³-hybridized carbons (Fsp3) is 0.520. The van der Waals surface area contributed by atoms with E-state index in [0.29, 0.717) is 12.2 Å². The molecule has 0 radical (unpaired) electrons. The van der Waals surface area contributed by atoms with Crippen molar-refractivity contribution in [2.24, 2.45) is 0 Å². The van der Waals surface area contributed by atoms with Crippen LogP contribution in [0.15, 0.2) is 42.5 Å². The van der Waals surface area contributed by atoms with E-state index in [4.69, 9.17) is 24.7 Å². The molecule has 5 heteroatoms. The van der Waals surface area contributed by atoms with Gasteiger partial charge in [-0.05, 0) is 35.1 Å². The van der Waals surface area contributed by atoms with Crippen LogP contribution in [0.4, 0.5) is 5.69 Å². The molecule has 0 saturated carbocycles. The standard InChI is InChI=1S/C25H29NO4/c26-24-22(9-19-13-28-19)16(8-18-12-27-18)6-7-23(24)25(10-20-14-29-20,11-21-15-30-21)17-4-2-1-3-5-17/h1-7,18-21H,8-15,26H2. The second-order valence-electron chi connectivity index (χ2n) is 9.25. The second-order valence-corrected chi connectivity index (χ2v) is 9.25. The summed E-state index contributed by atoms with van der Waals surface area (Å²) in [5.74, 6) is 0. The van der Waals surface area contributed by atoms with Crippen LogP contribution in [0.25, 0.3) is 0 Å². The minimum Gasteiger partial charge on any atom is -0.398 e. The quantitative estimate of drug-likeness (QED) is 0.484. The van der Waals surface area contributed by atoms with E-state index in [1.807, 2.05) is 0 Å². The average Bonchev–Trinajstić information content (AvgIpc) is 3.59. The number of rotatable bonds is 10. The Kier molecular flexibility index (Phi) is 4.61. The third kappa shape index (κ3) is 3.87. The number of hydrogen-bond donors (Lipinski definition) is 1. The first-order chi connectivity index (χ1) is 14.7. The number of hydrogen-bond acceptors (Lipinski definition) is 5. The minimum absolute atomic E-state index is 0.207. The molecule has 2 aromatic carbocycles. The van der Waals surface area contributed by atoms with E-state index >= 15 is 0 Å². The van der Waals surface area contributed by atoms with E-state index in [0.717, 1.165) is 57.8 Å². The van der Waals surface area contributed by atoms with Gasteiger partial charge in [-0.1, -0.05) is 42.5 Å². The monoisotopic (exact) mass is 407 g/mol. The van der Waals surface area contributed by atoms with Crippen LogP contribution in [0, 0.1) is 0 Å². The van der Waals surface area contributed by atoms with Crippen molar-refractivity contribution in [3.63, 3.8) is 0 Å². The maximum Gasteiger partial charge on any atom is 0.0851 e. The smallest absolute Gasteiger partial charge is 0.0851 e. The zero-order chi connectivity index (χ0) is 20.1. The molecule has 158 valence electrons. The molecule has 0 spiro atoms. The second kappa shape index (κ2) is 7.34. The number of epoxide rings is 4. The van der Waals surface area contributed by atoms with Crippen LogP contribution < -0.4 is 5.73 Å². The van der Waals surface area contributed by atoms with Crippen LogP contribution in [0.1, 0.15) is 35.1 Å². The van der Waals surface area contributed by atoms with Gasteiger partial charge in [-0.2, -0.15) is 0 Å². The third-order valence-electron chi connectivity index (χ3n) is 6.94. The van der Waals surface area contributed by atoms with Gasteiger partial charge in [-0.3, -0.25) is 0 Å². The van der Waals surface area contributed by atoms with E-state index in [9.17, 15) is 0 Å². The highest BCUT2D eigenvalue weighted by molar-refractivity contribution is 5.63. The minimum atomic E-state index is -0.207. The predicted molar refractivity (Wildman–Crippen MR) is 114 cm³/mol. The van der Waals surface area contributed by atoms with E-state index in [-0.39, 0.29) is 17.6 Å². The van der Waals surface area contributed by atoms with Gasteiger partial charge in [-0.15, -0.1) is 0 Å². The molecule has 4 aliphatic heterocycles. The van der Waals surface area contributed by atoms with Crippen molar-refractivity contribution in [2.75, 3.05) is 32.2 Å². The molecule has 4 aliphatic rings. The lowest BCUT2D eigenvalue weighted by Gasteiger charge is -2.36. The maximum absolute atomic E-state index is 6.99. The average molecular weight is 408 g/mol. The van der Waals surface area contributed by atoms with Crippen molar-refractivity contribution in [1.82, 2.24) is 0 Å². The molecule has 0 bridgehead atoms. The number of anilines is 1. The molecule has 0 aliphatic carbocycles. The van der Waals surface area contributed by atoms with Crippen LogP contribution in [-0.2, 0) is 37.2 Å². The fourth-order valence-electron chi connectivity index (χ4n) is 5.00. The lowest BCUT2D eigenvalue weighted by Crippen LogP contribution is -2.33. The molecule has 6 rings (SSSR count). The van der Waals surface area contributed by atoms with Gasteiger partial charge in [0.25, 0.3) is 0 Å². The number of nitrogen functional groups attached to an aromatic ring is 1. The molecule has 4 atom stereocenters. The Labute approximate surface area is 177 Å². The van der Waals surface area contributed by atoms with Gasteiger partial charge < -0.3 is 24.7 Å². The summed E-state index contributed by atoms with van der Waals surface area (Å²) >= 11 is 0. The summed E-state index contributed by atoms with van der Waals surface area (Å²) in [5.41, 5.74) is 12.8. The van der Waals surface area contributed by atoms with Crippen molar-refractivity contribution in [3.05, 3.63) is 64.7 Å². The van der Waals surface area contributed by atoms with Gasteiger partial charge in [0.15, 0.2) is 0 Å². The molecular formula is C25H29NO4. The Hall–Kier alpha value is -1.92. The lowest BCUT2D eigenvalue weighted by atomic mass is 9.67. The van der Waals surface area contributed by atoms with Crippen molar-refractivity contribution >= 4 is 5.69 Å². The van der Waals surface area contributed by atoms with Gasteiger partial charge in [-0.25, -0.2) is 0 Å². The fourth-order valence-corrected chi connectivity index (χ4v) is 5.00. The van der Waals surface area contributed by atoms with Gasteiger partial charge in [0.2, 0.25) is 0 Å². The van der Waals surface area contributed by atoms with E-state index < -0.39 is 0 Å². The molecular weight excluding hydrogens is 378 g/mol. The summed E-state index contributed by atoms with van der Waals surface area (Å²) in [7, 11) is 0. The molecule has 4 fully saturated rings. The molecule has 0 amide bonds. The zero-order valence-electron chi connectivity index (χ0n) is 17.2. The Balaban J connectivity index is 1.47. The highest BCUT2D eigenvalue weighted by atomic mass is 16.6. The summed E-state index contributed by atoms with van der Waals surface area (Å²) in [6, 6.07) is 15.3. The van der Waals surface area contributed by atoms with Crippen molar-refractivity contribution in [1.29, 1.82) is 0 Å². The first-order valence-corrected chi connectivity index (χ1v) is 11.1. The first kappa shape index (κ1) is 18.8. The summed E-state index contributed by atoms with van der Waals surface area (Å²) in [4.78, 5) is 0. The van der Waals surface area contributed by atoms with Gasteiger partial charge >= 0.3 is 0 Å². The Morgan fingerprint density at radius 2 is 1.30 bits per heavy atom. The summed E-state index contributed by atoms with van der Waals surface area (Å²) < 4.78 is 22.5. The normalized spacial score (nSPS) is 30.5. The molecule has 2 aromatic rings. The maximum atomic E-state index is 6.99. The number of ether oxygens (including phenoxy) is 4. The van der Waals surface area contributed by atoms with Crippen LogP contribution in [0.2, 0.25) is 0 Å².